The van der Waals surface area contributed by atoms with Crippen molar-refractivity contribution in [3.8, 4) is 23.0 Å². The summed E-state index contributed by atoms with van der Waals surface area (Å²) in [6, 6.07) is 13.0. The van der Waals surface area contributed by atoms with Crippen LogP contribution in [0.4, 0.5) is 0 Å². The van der Waals surface area contributed by atoms with Crippen LogP contribution < -0.4 is 18.9 Å². The molecule has 0 saturated carbocycles. The number of carbonyl (C=O) groups is 1. The summed E-state index contributed by atoms with van der Waals surface area (Å²) in [6.07, 6.45) is 1.99. The summed E-state index contributed by atoms with van der Waals surface area (Å²) in [5.41, 5.74) is 0.871. The molecule has 0 aromatic heterocycles. The number of hydrogen-bond donors (Lipinski definition) is 0. The van der Waals surface area contributed by atoms with Crippen molar-refractivity contribution in [2.24, 2.45) is 0 Å². The SMILES string of the molecule is COc1cc(CN(C[C@@H]2CCCO2)C(=O)COc2ccccc2)cc(OC)c1OC. The molecule has 7 nitrogen and oxygen atoms in total. The molecule has 1 aliphatic heterocycles. The van der Waals surface area contributed by atoms with Crippen molar-refractivity contribution in [3.05, 3.63) is 48.0 Å². The maximum Gasteiger partial charge on any atom is 0.260 e. The minimum atomic E-state index is -0.108. The third-order valence-corrected chi connectivity index (χ3v) is 5.00. The molecule has 1 fully saturated rings. The first-order chi connectivity index (χ1) is 14.6. The van der Waals surface area contributed by atoms with Crippen LogP contribution >= 0.6 is 0 Å². The molecular formula is C23H29NO6. The van der Waals surface area contributed by atoms with Gasteiger partial charge in [-0.25, -0.2) is 0 Å². The summed E-state index contributed by atoms with van der Waals surface area (Å²) in [7, 11) is 4.71. The van der Waals surface area contributed by atoms with Gasteiger partial charge >= 0.3 is 0 Å². The van der Waals surface area contributed by atoms with Gasteiger partial charge in [-0.05, 0) is 42.7 Å². The molecule has 0 bridgehead atoms. The van der Waals surface area contributed by atoms with Gasteiger partial charge in [0.15, 0.2) is 18.1 Å². The highest BCUT2D eigenvalue weighted by atomic mass is 16.5. The van der Waals surface area contributed by atoms with Crippen molar-refractivity contribution in [2.45, 2.75) is 25.5 Å². The predicted octanol–water partition coefficient (Wildman–Crippen LogP) is 3.30. The number of rotatable bonds is 10. The number of hydrogen-bond acceptors (Lipinski definition) is 6. The van der Waals surface area contributed by atoms with Gasteiger partial charge in [-0.2, -0.15) is 0 Å². The van der Waals surface area contributed by atoms with E-state index in [-0.39, 0.29) is 18.6 Å². The highest BCUT2D eigenvalue weighted by Crippen LogP contribution is 2.38. The maximum absolute atomic E-state index is 13.0. The van der Waals surface area contributed by atoms with Crippen LogP contribution in [0.25, 0.3) is 0 Å². The largest absolute Gasteiger partial charge is 0.493 e. The zero-order valence-corrected chi connectivity index (χ0v) is 17.8. The Morgan fingerprint density at radius 1 is 1.07 bits per heavy atom. The number of ether oxygens (including phenoxy) is 5. The first kappa shape index (κ1) is 21.8. The highest BCUT2D eigenvalue weighted by Gasteiger charge is 2.24. The van der Waals surface area contributed by atoms with Crippen LogP contribution in [0.5, 0.6) is 23.0 Å². The van der Waals surface area contributed by atoms with Crippen molar-refractivity contribution in [1.82, 2.24) is 4.90 Å². The molecule has 2 aromatic rings. The second kappa shape index (κ2) is 10.7. The van der Waals surface area contributed by atoms with Crippen molar-refractivity contribution in [1.29, 1.82) is 0 Å². The summed E-state index contributed by atoms with van der Waals surface area (Å²) in [5, 5.41) is 0. The molecule has 1 aliphatic rings. The summed E-state index contributed by atoms with van der Waals surface area (Å²) in [6.45, 7) is 1.58. The number of nitrogens with zero attached hydrogens (tertiary/aromatic N) is 1. The molecule has 1 heterocycles. The summed E-state index contributed by atoms with van der Waals surface area (Å²) >= 11 is 0. The Bertz CT molecular complexity index is 795. The summed E-state index contributed by atoms with van der Waals surface area (Å²) in [4.78, 5) is 14.8. The van der Waals surface area contributed by atoms with Gasteiger partial charge in [-0.1, -0.05) is 18.2 Å². The van der Waals surface area contributed by atoms with Gasteiger partial charge in [0.2, 0.25) is 5.75 Å². The van der Waals surface area contributed by atoms with Crippen LogP contribution in [-0.4, -0.2) is 58.0 Å². The fourth-order valence-electron chi connectivity index (χ4n) is 3.49. The Morgan fingerprint density at radius 3 is 2.33 bits per heavy atom. The average molecular weight is 415 g/mol. The number of para-hydroxylation sites is 1. The molecule has 1 atom stereocenters. The van der Waals surface area contributed by atoms with E-state index in [0.29, 0.717) is 36.1 Å². The van der Waals surface area contributed by atoms with Gasteiger partial charge in [0, 0.05) is 19.7 Å². The molecule has 3 rings (SSSR count). The van der Waals surface area contributed by atoms with E-state index in [4.69, 9.17) is 23.7 Å². The third-order valence-electron chi connectivity index (χ3n) is 5.00. The first-order valence-corrected chi connectivity index (χ1v) is 10.0. The lowest BCUT2D eigenvalue weighted by Gasteiger charge is -2.26. The molecule has 0 N–H and O–H groups in total. The van der Waals surface area contributed by atoms with E-state index >= 15 is 0 Å². The first-order valence-electron chi connectivity index (χ1n) is 10.0. The Labute approximate surface area is 177 Å². The number of benzene rings is 2. The zero-order chi connectivity index (χ0) is 21.3. The van der Waals surface area contributed by atoms with Crippen molar-refractivity contribution in [2.75, 3.05) is 41.1 Å². The van der Waals surface area contributed by atoms with E-state index in [2.05, 4.69) is 0 Å². The average Bonchev–Trinajstić information content (AvgIpc) is 3.30. The van der Waals surface area contributed by atoms with E-state index in [1.807, 2.05) is 42.5 Å². The Balaban J connectivity index is 1.77. The highest BCUT2D eigenvalue weighted by molar-refractivity contribution is 5.78. The summed E-state index contributed by atoms with van der Waals surface area (Å²) in [5.74, 6) is 2.18. The predicted molar refractivity (Wildman–Crippen MR) is 112 cm³/mol. The molecule has 162 valence electrons. The van der Waals surface area contributed by atoms with Gasteiger partial charge in [-0.15, -0.1) is 0 Å². The van der Waals surface area contributed by atoms with Gasteiger partial charge < -0.3 is 28.6 Å². The van der Waals surface area contributed by atoms with Gasteiger partial charge in [0.1, 0.15) is 5.75 Å². The lowest BCUT2D eigenvalue weighted by Crippen LogP contribution is -2.39. The van der Waals surface area contributed by atoms with Gasteiger partial charge in [0.05, 0.1) is 27.4 Å². The molecule has 1 amide bonds. The van der Waals surface area contributed by atoms with Crippen LogP contribution in [0.3, 0.4) is 0 Å². The van der Waals surface area contributed by atoms with E-state index in [1.54, 1.807) is 26.2 Å². The van der Waals surface area contributed by atoms with Crippen LogP contribution in [0.1, 0.15) is 18.4 Å². The van der Waals surface area contributed by atoms with E-state index < -0.39 is 0 Å². The minimum Gasteiger partial charge on any atom is -0.493 e. The zero-order valence-electron chi connectivity index (χ0n) is 17.8. The van der Waals surface area contributed by atoms with E-state index in [0.717, 1.165) is 25.0 Å². The smallest absolute Gasteiger partial charge is 0.260 e. The number of amides is 1. The monoisotopic (exact) mass is 415 g/mol. The van der Waals surface area contributed by atoms with Crippen molar-refractivity contribution in [3.63, 3.8) is 0 Å². The topological polar surface area (TPSA) is 66.5 Å². The van der Waals surface area contributed by atoms with Crippen molar-refractivity contribution < 1.29 is 28.5 Å². The molecule has 0 spiro atoms. The molecule has 30 heavy (non-hydrogen) atoms. The molecule has 7 heteroatoms. The third kappa shape index (κ3) is 5.57. The molecule has 1 saturated heterocycles. The van der Waals surface area contributed by atoms with Crippen LogP contribution in [0, 0.1) is 0 Å². The van der Waals surface area contributed by atoms with Crippen LogP contribution in [-0.2, 0) is 16.1 Å². The number of methoxy groups -OCH3 is 3. The normalized spacial score (nSPS) is 15.5. The standard InChI is InChI=1S/C23H29NO6/c1-26-20-12-17(13-21(27-2)23(20)28-3)14-24(15-19-10-7-11-29-19)22(25)16-30-18-8-5-4-6-9-18/h4-6,8-9,12-13,19H,7,10-11,14-16H2,1-3H3/t19-/m0/s1. The molecule has 0 aliphatic carbocycles. The number of carbonyl (C=O) groups excluding carboxylic acids is 1. The minimum absolute atomic E-state index is 0.0349. The van der Waals surface area contributed by atoms with Gasteiger partial charge in [-0.3, -0.25) is 4.79 Å². The molecule has 2 aromatic carbocycles. The maximum atomic E-state index is 13.0. The fourth-order valence-corrected chi connectivity index (χ4v) is 3.49. The fraction of sp³-hybridized carbons (Fsp3) is 0.435. The quantitative estimate of drug-likeness (QED) is 0.593. The Morgan fingerprint density at radius 2 is 1.77 bits per heavy atom. The van der Waals surface area contributed by atoms with Crippen LogP contribution in [0.2, 0.25) is 0 Å². The Kier molecular flexibility index (Phi) is 7.79. The second-order valence-electron chi connectivity index (χ2n) is 7.04. The molecule has 0 radical (unpaired) electrons. The summed E-state index contributed by atoms with van der Waals surface area (Å²) < 4.78 is 27.7. The molecular weight excluding hydrogens is 386 g/mol. The molecule has 0 unspecified atom stereocenters. The second-order valence-corrected chi connectivity index (χ2v) is 7.04. The lowest BCUT2D eigenvalue weighted by molar-refractivity contribution is -0.135. The van der Waals surface area contributed by atoms with E-state index in [1.165, 1.54) is 0 Å². The van der Waals surface area contributed by atoms with Crippen molar-refractivity contribution >= 4 is 5.91 Å². The lowest BCUT2D eigenvalue weighted by atomic mass is 10.1. The van der Waals surface area contributed by atoms with E-state index in [9.17, 15) is 4.79 Å². The Hall–Kier alpha value is -2.93. The van der Waals surface area contributed by atoms with Crippen LogP contribution in [0.15, 0.2) is 42.5 Å². The van der Waals surface area contributed by atoms with Gasteiger partial charge in [0.25, 0.3) is 5.91 Å².